The fourth-order valence-corrected chi connectivity index (χ4v) is 3.20. The molecule has 3 rings (SSSR count). The molecule has 0 saturated heterocycles. The third-order valence-corrected chi connectivity index (χ3v) is 4.30. The molecule has 118 valence electrons. The van der Waals surface area contributed by atoms with Gasteiger partial charge in [-0.25, -0.2) is 0 Å². The van der Waals surface area contributed by atoms with Crippen LogP contribution in [0.2, 0.25) is 0 Å². The number of hydrogen-bond acceptors (Lipinski definition) is 3. The zero-order valence-corrected chi connectivity index (χ0v) is 13.2. The summed E-state index contributed by atoms with van der Waals surface area (Å²) in [4.78, 5) is 25.2. The minimum Gasteiger partial charge on any atom is -0.308 e. The van der Waals surface area contributed by atoms with Crippen molar-refractivity contribution in [1.29, 1.82) is 0 Å². The summed E-state index contributed by atoms with van der Waals surface area (Å²) >= 11 is 0. The highest BCUT2D eigenvalue weighted by atomic mass is 16.6. The van der Waals surface area contributed by atoms with Gasteiger partial charge in [-0.3, -0.25) is 14.9 Å². The average Bonchev–Trinajstić information content (AvgIpc) is 2.53. The maximum Gasteiger partial charge on any atom is 0.272 e. The summed E-state index contributed by atoms with van der Waals surface area (Å²) in [5.74, 6) is -0.0988. The van der Waals surface area contributed by atoms with Crippen molar-refractivity contribution in [3.63, 3.8) is 0 Å². The molecular formula is C18H18N2O3. The minimum absolute atomic E-state index is 0.0387. The van der Waals surface area contributed by atoms with Crippen LogP contribution in [0.15, 0.2) is 36.4 Å². The Morgan fingerprint density at radius 3 is 2.65 bits per heavy atom. The highest BCUT2D eigenvalue weighted by Gasteiger charge is 2.25. The third kappa shape index (κ3) is 2.70. The summed E-state index contributed by atoms with van der Waals surface area (Å²) in [6.07, 6.45) is 1.90. The van der Waals surface area contributed by atoms with Crippen molar-refractivity contribution in [3.05, 3.63) is 68.8 Å². The molecule has 0 aliphatic carbocycles. The molecule has 0 N–H and O–H groups in total. The number of nitrogens with zero attached hydrogens (tertiary/aromatic N) is 2. The molecule has 2 aromatic carbocycles. The quantitative estimate of drug-likeness (QED) is 0.626. The van der Waals surface area contributed by atoms with Gasteiger partial charge in [-0.05, 0) is 49.9 Å². The lowest BCUT2D eigenvalue weighted by Gasteiger charge is -2.31. The van der Waals surface area contributed by atoms with Gasteiger partial charge in [-0.2, -0.15) is 0 Å². The molecule has 2 aromatic rings. The molecule has 1 heterocycles. The Kier molecular flexibility index (Phi) is 3.86. The first kappa shape index (κ1) is 15.2. The summed E-state index contributed by atoms with van der Waals surface area (Å²) in [6.45, 7) is 4.34. The predicted octanol–water partition coefficient (Wildman–Crippen LogP) is 3.80. The van der Waals surface area contributed by atoms with E-state index in [1.165, 1.54) is 11.6 Å². The zero-order valence-electron chi connectivity index (χ0n) is 13.2. The molecule has 1 amide bonds. The van der Waals surface area contributed by atoms with Crippen LogP contribution in [0, 0.1) is 24.0 Å². The Morgan fingerprint density at radius 2 is 1.96 bits per heavy atom. The molecule has 0 bridgehead atoms. The number of aryl methyl sites for hydroxylation is 3. The van der Waals surface area contributed by atoms with E-state index in [9.17, 15) is 14.9 Å². The molecule has 0 saturated carbocycles. The molecule has 0 unspecified atom stereocenters. The molecular weight excluding hydrogens is 292 g/mol. The van der Waals surface area contributed by atoms with Crippen molar-refractivity contribution >= 4 is 17.3 Å². The monoisotopic (exact) mass is 310 g/mol. The first-order chi connectivity index (χ1) is 11.0. The SMILES string of the molecule is Cc1cc(C(=O)N2CCCc3cccc(C)c32)ccc1[N+](=O)[O-]. The standard InChI is InChI=1S/C18H18N2O3/c1-12-5-3-6-14-7-4-10-19(17(12)14)18(21)15-8-9-16(20(22)23)13(2)11-15/h3,5-6,8-9,11H,4,7,10H2,1-2H3. The van der Waals surface area contributed by atoms with Crippen LogP contribution in [0.5, 0.6) is 0 Å². The van der Waals surface area contributed by atoms with E-state index in [1.54, 1.807) is 24.0 Å². The fraction of sp³-hybridized carbons (Fsp3) is 0.278. The lowest BCUT2D eigenvalue weighted by molar-refractivity contribution is -0.385. The minimum atomic E-state index is -0.427. The number of nitro benzene ring substituents is 1. The molecule has 0 atom stereocenters. The van der Waals surface area contributed by atoms with E-state index in [1.807, 2.05) is 19.1 Å². The van der Waals surface area contributed by atoms with Gasteiger partial charge in [0.15, 0.2) is 0 Å². The average molecular weight is 310 g/mol. The van der Waals surface area contributed by atoms with E-state index >= 15 is 0 Å². The molecule has 0 spiro atoms. The van der Waals surface area contributed by atoms with Gasteiger partial charge >= 0.3 is 0 Å². The highest BCUT2D eigenvalue weighted by Crippen LogP contribution is 2.32. The Bertz CT molecular complexity index is 799. The van der Waals surface area contributed by atoms with Gasteiger partial charge in [0.1, 0.15) is 0 Å². The summed E-state index contributed by atoms with van der Waals surface area (Å²) in [6, 6.07) is 10.6. The number of rotatable bonds is 2. The lowest BCUT2D eigenvalue weighted by Crippen LogP contribution is -2.36. The van der Waals surface area contributed by atoms with E-state index in [2.05, 4.69) is 6.07 Å². The predicted molar refractivity (Wildman–Crippen MR) is 89.0 cm³/mol. The van der Waals surface area contributed by atoms with E-state index < -0.39 is 4.92 Å². The van der Waals surface area contributed by atoms with Gasteiger partial charge in [-0.15, -0.1) is 0 Å². The van der Waals surface area contributed by atoms with E-state index in [0.717, 1.165) is 24.1 Å². The molecule has 0 radical (unpaired) electrons. The maximum absolute atomic E-state index is 12.9. The molecule has 1 aliphatic heterocycles. The third-order valence-electron chi connectivity index (χ3n) is 4.30. The second-order valence-electron chi connectivity index (χ2n) is 5.90. The molecule has 0 fully saturated rings. The summed E-state index contributed by atoms with van der Waals surface area (Å²) in [5, 5.41) is 10.9. The number of hydrogen-bond donors (Lipinski definition) is 0. The maximum atomic E-state index is 12.9. The van der Waals surface area contributed by atoms with Crippen molar-refractivity contribution in [2.75, 3.05) is 11.4 Å². The summed E-state index contributed by atoms with van der Waals surface area (Å²) in [7, 11) is 0. The fourth-order valence-electron chi connectivity index (χ4n) is 3.20. The topological polar surface area (TPSA) is 63.5 Å². The number of fused-ring (bicyclic) bond motifs is 1. The number of para-hydroxylation sites is 1. The number of nitro groups is 1. The van der Waals surface area contributed by atoms with Crippen LogP contribution in [-0.2, 0) is 6.42 Å². The Balaban J connectivity index is 2.00. The first-order valence-electron chi connectivity index (χ1n) is 7.64. The summed E-state index contributed by atoms with van der Waals surface area (Å²) < 4.78 is 0. The van der Waals surface area contributed by atoms with Gasteiger partial charge in [0.25, 0.3) is 11.6 Å². The van der Waals surface area contributed by atoms with Crippen molar-refractivity contribution in [2.45, 2.75) is 26.7 Å². The number of anilines is 1. The lowest BCUT2D eigenvalue weighted by atomic mass is 9.97. The summed E-state index contributed by atoms with van der Waals surface area (Å²) in [5.41, 5.74) is 4.28. The van der Waals surface area contributed by atoms with Crippen LogP contribution in [0.25, 0.3) is 0 Å². The molecule has 5 nitrogen and oxygen atoms in total. The normalized spacial score (nSPS) is 13.6. The van der Waals surface area contributed by atoms with Crippen LogP contribution in [0.3, 0.4) is 0 Å². The first-order valence-corrected chi connectivity index (χ1v) is 7.64. The smallest absolute Gasteiger partial charge is 0.272 e. The van der Waals surface area contributed by atoms with Crippen molar-refractivity contribution in [1.82, 2.24) is 0 Å². The number of carbonyl (C=O) groups is 1. The van der Waals surface area contributed by atoms with Crippen LogP contribution in [0.4, 0.5) is 11.4 Å². The van der Waals surface area contributed by atoms with Crippen LogP contribution in [0.1, 0.15) is 33.5 Å². The van der Waals surface area contributed by atoms with Crippen molar-refractivity contribution < 1.29 is 9.72 Å². The van der Waals surface area contributed by atoms with Gasteiger partial charge in [0.2, 0.25) is 0 Å². The van der Waals surface area contributed by atoms with Gasteiger partial charge in [-0.1, -0.05) is 18.2 Å². The van der Waals surface area contributed by atoms with Crippen LogP contribution in [-0.4, -0.2) is 17.4 Å². The second-order valence-corrected chi connectivity index (χ2v) is 5.90. The second kappa shape index (κ2) is 5.83. The van der Waals surface area contributed by atoms with Crippen LogP contribution >= 0.6 is 0 Å². The molecule has 5 heteroatoms. The van der Waals surface area contributed by atoms with Gasteiger partial charge in [0.05, 0.1) is 10.6 Å². The van der Waals surface area contributed by atoms with Gasteiger partial charge in [0, 0.05) is 23.7 Å². The largest absolute Gasteiger partial charge is 0.308 e. The molecule has 1 aliphatic rings. The van der Waals surface area contributed by atoms with Gasteiger partial charge < -0.3 is 4.90 Å². The number of amides is 1. The van der Waals surface area contributed by atoms with Crippen molar-refractivity contribution in [2.24, 2.45) is 0 Å². The molecule has 23 heavy (non-hydrogen) atoms. The highest BCUT2D eigenvalue weighted by molar-refractivity contribution is 6.07. The zero-order chi connectivity index (χ0) is 16.6. The Labute approximate surface area is 134 Å². The molecule has 0 aromatic heterocycles. The Hall–Kier alpha value is -2.69. The Morgan fingerprint density at radius 1 is 1.17 bits per heavy atom. The number of carbonyl (C=O) groups excluding carboxylic acids is 1. The van der Waals surface area contributed by atoms with Crippen molar-refractivity contribution in [3.8, 4) is 0 Å². The van der Waals surface area contributed by atoms with E-state index in [-0.39, 0.29) is 11.6 Å². The van der Waals surface area contributed by atoms with Crippen LogP contribution < -0.4 is 4.90 Å². The van der Waals surface area contributed by atoms with E-state index in [0.29, 0.717) is 17.7 Å². The van der Waals surface area contributed by atoms with E-state index in [4.69, 9.17) is 0 Å². The number of benzene rings is 2.